The van der Waals surface area contributed by atoms with E-state index in [1.807, 2.05) is 70.2 Å². The zero-order valence-corrected chi connectivity index (χ0v) is 21.8. The van der Waals surface area contributed by atoms with Crippen molar-refractivity contribution >= 4 is 11.8 Å². The minimum Gasteiger partial charge on any atom is -0.497 e. The van der Waals surface area contributed by atoms with Crippen LogP contribution in [0, 0.1) is 0 Å². The van der Waals surface area contributed by atoms with Gasteiger partial charge in [-0.2, -0.15) is 0 Å². The molecule has 2 rings (SSSR count). The van der Waals surface area contributed by atoms with Crippen molar-refractivity contribution in [1.82, 2.24) is 10.2 Å². The molecule has 0 heterocycles. The number of carbonyl (C=O) groups excluding carboxylic acids is 2. The Hall–Kier alpha value is -3.22. The number of methoxy groups -OCH3 is 1. The SMILES string of the molecule is CCCNC(=O)[C@H](CC)N(Cc1cccc(OC)c1)C(=O)CCc1ccc(OCC)c(OCC)c1. The van der Waals surface area contributed by atoms with Crippen molar-refractivity contribution in [3.8, 4) is 17.2 Å². The largest absolute Gasteiger partial charge is 0.497 e. The molecule has 0 saturated carbocycles. The highest BCUT2D eigenvalue weighted by atomic mass is 16.5. The Labute approximate surface area is 209 Å². The molecule has 2 aromatic carbocycles. The van der Waals surface area contributed by atoms with Crippen LogP contribution in [-0.4, -0.2) is 49.6 Å². The molecule has 0 aliphatic carbocycles. The molecule has 2 aromatic rings. The van der Waals surface area contributed by atoms with Gasteiger partial charge in [-0.25, -0.2) is 0 Å². The number of benzene rings is 2. The molecule has 7 heteroatoms. The van der Waals surface area contributed by atoms with Gasteiger partial charge in [-0.3, -0.25) is 9.59 Å². The van der Waals surface area contributed by atoms with Gasteiger partial charge in [0, 0.05) is 19.5 Å². The zero-order valence-electron chi connectivity index (χ0n) is 21.8. The van der Waals surface area contributed by atoms with Crippen LogP contribution in [0.2, 0.25) is 0 Å². The van der Waals surface area contributed by atoms with Gasteiger partial charge in [0.05, 0.1) is 20.3 Å². The average Bonchev–Trinajstić information content (AvgIpc) is 2.87. The van der Waals surface area contributed by atoms with Gasteiger partial charge < -0.3 is 24.4 Å². The van der Waals surface area contributed by atoms with E-state index in [0.717, 1.165) is 23.3 Å². The van der Waals surface area contributed by atoms with Crippen LogP contribution < -0.4 is 19.5 Å². The van der Waals surface area contributed by atoms with Crippen LogP contribution in [0.4, 0.5) is 0 Å². The highest BCUT2D eigenvalue weighted by Gasteiger charge is 2.28. The predicted octanol–water partition coefficient (Wildman–Crippen LogP) is 4.76. The van der Waals surface area contributed by atoms with Crippen LogP contribution in [0.3, 0.4) is 0 Å². The lowest BCUT2D eigenvalue weighted by Gasteiger charge is -2.31. The van der Waals surface area contributed by atoms with Gasteiger partial charge >= 0.3 is 0 Å². The third-order valence-electron chi connectivity index (χ3n) is 5.66. The van der Waals surface area contributed by atoms with Crippen molar-refractivity contribution in [2.45, 2.75) is 66.0 Å². The van der Waals surface area contributed by atoms with Gasteiger partial charge in [0.1, 0.15) is 11.8 Å². The maximum Gasteiger partial charge on any atom is 0.242 e. The summed E-state index contributed by atoms with van der Waals surface area (Å²) in [7, 11) is 1.61. The standard InChI is InChI=1S/C28H40N2O5/c1-6-17-29-28(32)24(7-2)30(20-22-11-10-12-23(18-22)33-5)27(31)16-14-21-13-15-25(34-8-3)26(19-21)35-9-4/h10-13,15,18-19,24H,6-9,14,16-17,20H2,1-5H3,(H,29,32)/t24-/m0/s1. The molecule has 0 radical (unpaired) electrons. The van der Waals surface area contributed by atoms with E-state index in [4.69, 9.17) is 14.2 Å². The first-order valence-corrected chi connectivity index (χ1v) is 12.6. The van der Waals surface area contributed by atoms with Crippen molar-refractivity contribution in [2.24, 2.45) is 0 Å². The minimum atomic E-state index is -0.542. The number of rotatable bonds is 15. The van der Waals surface area contributed by atoms with E-state index in [-0.39, 0.29) is 18.2 Å². The molecule has 0 aliphatic heterocycles. The molecule has 0 bridgehead atoms. The summed E-state index contributed by atoms with van der Waals surface area (Å²) in [5, 5.41) is 2.95. The summed E-state index contributed by atoms with van der Waals surface area (Å²) in [6, 6.07) is 12.8. The molecule has 0 saturated heterocycles. The summed E-state index contributed by atoms with van der Waals surface area (Å²) in [5.74, 6) is 1.90. The first-order chi connectivity index (χ1) is 17.0. The summed E-state index contributed by atoms with van der Waals surface area (Å²) >= 11 is 0. The number of hydrogen-bond acceptors (Lipinski definition) is 5. The Balaban J connectivity index is 2.23. The molecule has 1 atom stereocenters. The van der Waals surface area contributed by atoms with Gasteiger partial charge in [-0.05, 0) is 68.5 Å². The van der Waals surface area contributed by atoms with Crippen LogP contribution in [-0.2, 0) is 22.6 Å². The van der Waals surface area contributed by atoms with Gasteiger partial charge in [-0.15, -0.1) is 0 Å². The third-order valence-corrected chi connectivity index (χ3v) is 5.66. The summed E-state index contributed by atoms with van der Waals surface area (Å²) in [6.45, 7) is 9.80. The molecule has 0 unspecified atom stereocenters. The van der Waals surface area contributed by atoms with Crippen LogP contribution in [0.15, 0.2) is 42.5 Å². The molecule has 2 amide bonds. The van der Waals surface area contributed by atoms with Crippen molar-refractivity contribution in [3.05, 3.63) is 53.6 Å². The van der Waals surface area contributed by atoms with Crippen molar-refractivity contribution < 1.29 is 23.8 Å². The number of hydrogen-bond donors (Lipinski definition) is 1. The molecule has 0 spiro atoms. The summed E-state index contributed by atoms with van der Waals surface area (Å²) in [6.07, 6.45) is 2.18. The smallest absolute Gasteiger partial charge is 0.242 e. The Morgan fingerprint density at radius 1 is 0.943 bits per heavy atom. The average molecular weight is 485 g/mol. The Morgan fingerprint density at radius 2 is 1.69 bits per heavy atom. The van der Waals surface area contributed by atoms with E-state index in [2.05, 4.69) is 5.32 Å². The fourth-order valence-corrected chi connectivity index (χ4v) is 3.90. The summed E-state index contributed by atoms with van der Waals surface area (Å²) in [5.41, 5.74) is 1.90. The Morgan fingerprint density at radius 3 is 2.34 bits per heavy atom. The molecule has 0 fully saturated rings. The van der Waals surface area contributed by atoms with Crippen molar-refractivity contribution in [3.63, 3.8) is 0 Å². The highest BCUT2D eigenvalue weighted by molar-refractivity contribution is 5.87. The zero-order chi connectivity index (χ0) is 25.6. The molecule has 35 heavy (non-hydrogen) atoms. The van der Waals surface area contributed by atoms with Crippen LogP contribution in [0.25, 0.3) is 0 Å². The van der Waals surface area contributed by atoms with Gasteiger partial charge in [0.15, 0.2) is 11.5 Å². The molecule has 192 valence electrons. The Kier molecular flexibility index (Phi) is 11.9. The third kappa shape index (κ3) is 8.50. The number of nitrogens with zero attached hydrogens (tertiary/aromatic N) is 1. The fraction of sp³-hybridized carbons (Fsp3) is 0.500. The van der Waals surface area contributed by atoms with E-state index >= 15 is 0 Å². The summed E-state index contributed by atoms with van der Waals surface area (Å²) < 4.78 is 16.7. The van der Waals surface area contributed by atoms with E-state index in [1.165, 1.54) is 0 Å². The van der Waals surface area contributed by atoms with Gasteiger partial charge in [0.25, 0.3) is 0 Å². The topological polar surface area (TPSA) is 77.1 Å². The van der Waals surface area contributed by atoms with E-state index in [1.54, 1.807) is 12.0 Å². The monoisotopic (exact) mass is 484 g/mol. The lowest BCUT2D eigenvalue weighted by Crippen LogP contribution is -2.49. The maximum atomic E-state index is 13.5. The maximum absolute atomic E-state index is 13.5. The van der Waals surface area contributed by atoms with E-state index < -0.39 is 6.04 Å². The number of ether oxygens (including phenoxy) is 3. The van der Waals surface area contributed by atoms with Crippen molar-refractivity contribution in [1.29, 1.82) is 0 Å². The second-order valence-corrected chi connectivity index (χ2v) is 8.24. The molecule has 1 N–H and O–H groups in total. The quantitative estimate of drug-likeness (QED) is 0.394. The van der Waals surface area contributed by atoms with Gasteiger partial charge in [0.2, 0.25) is 11.8 Å². The molecule has 7 nitrogen and oxygen atoms in total. The molecule has 0 aromatic heterocycles. The van der Waals surface area contributed by atoms with E-state index in [0.29, 0.717) is 50.6 Å². The van der Waals surface area contributed by atoms with Crippen LogP contribution >= 0.6 is 0 Å². The molecular formula is C28H40N2O5. The Bertz CT molecular complexity index is 947. The minimum absolute atomic E-state index is 0.0711. The first-order valence-electron chi connectivity index (χ1n) is 12.6. The number of aryl methyl sites for hydroxylation is 1. The fourth-order valence-electron chi connectivity index (χ4n) is 3.90. The number of amides is 2. The van der Waals surface area contributed by atoms with Crippen LogP contribution in [0.5, 0.6) is 17.2 Å². The first kappa shape index (κ1) is 28.0. The lowest BCUT2D eigenvalue weighted by molar-refractivity contribution is -0.141. The normalized spacial score (nSPS) is 11.5. The molecular weight excluding hydrogens is 444 g/mol. The number of nitrogens with one attached hydrogen (secondary N) is 1. The predicted molar refractivity (Wildman–Crippen MR) is 138 cm³/mol. The van der Waals surface area contributed by atoms with E-state index in [9.17, 15) is 9.59 Å². The molecule has 0 aliphatic rings. The van der Waals surface area contributed by atoms with Crippen LogP contribution in [0.1, 0.15) is 58.1 Å². The van der Waals surface area contributed by atoms with Crippen molar-refractivity contribution in [2.75, 3.05) is 26.9 Å². The number of carbonyl (C=O) groups is 2. The highest BCUT2D eigenvalue weighted by Crippen LogP contribution is 2.29. The second kappa shape index (κ2) is 14.9. The second-order valence-electron chi connectivity index (χ2n) is 8.24. The summed E-state index contributed by atoms with van der Waals surface area (Å²) in [4.78, 5) is 28.1. The lowest BCUT2D eigenvalue weighted by atomic mass is 10.1. The van der Waals surface area contributed by atoms with Gasteiger partial charge in [-0.1, -0.05) is 32.0 Å².